The average molecular weight is 384 g/mol. The number of aryl methyl sites for hydroxylation is 2. The minimum absolute atomic E-state index is 0.0885. The Labute approximate surface area is 163 Å². The van der Waals surface area contributed by atoms with Crippen LogP contribution in [0.25, 0.3) is 10.1 Å². The molecule has 27 heavy (non-hydrogen) atoms. The first-order chi connectivity index (χ1) is 13.0. The Morgan fingerprint density at radius 1 is 1.30 bits per heavy atom. The molecule has 2 heterocycles. The molecule has 4 nitrogen and oxygen atoms in total. The van der Waals surface area contributed by atoms with Crippen molar-refractivity contribution < 1.29 is 14.3 Å². The molecule has 1 fully saturated rings. The molecule has 0 atom stereocenters. The average Bonchev–Trinajstić information content (AvgIpc) is 3.24. The molecule has 1 amide bonds. The first kappa shape index (κ1) is 18.3. The summed E-state index contributed by atoms with van der Waals surface area (Å²) < 4.78 is 6.77. The summed E-state index contributed by atoms with van der Waals surface area (Å²) in [6.07, 6.45) is 3.04. The van der Waals surface area contributed by atoms with Crippen LogP contribution in [0.5, 0.6) is 0 Å². The fourth-order valence-corrected chi connectivity index (χ4v) is 5.37. The maximum atomic E-state index is 12.7. The number of aliphatic hydroxyl groups excluding tert-OH is 1. The molecule has 5 heteroatoms. The van der Waals surface area contributed by atoms with Crippen molar-refractivity contribution in [1.29, 1.82) is 0 Å². The number of aliphatic hydroxyl groups is 1. The van der Waals surface area contributed by atoms with Gasteiger partial charge >= 0.3 is 0 Å². The van der Waals surface area contributed by atoms with E-state index in [1.165, 1.54) is 15.6 Å². The number of hydrogen-bond acceptors (Lipinski definition) is 4. The Kier molecular flexibility index (Phi) is 4.82. The van der Waals surface area contributed by atoms with Crippen LogP contribution in [0.1, 0.15) is 53.1 Å². The van der Waals surface area contributed by atoms with Gasteiger partial charge < -0.3 is 14.8 Å². The molecule has 1 saturated carbocycles. The van der Waals surface area contributed by atoms with Crippen molar-refractivity contribution in [3.05, 3.63) is 58.4 Å². The summed E-state index contributed by atoms with van der Waals surface area (Å²) in [5.41, 5.74) is 1.77. The molecule has 0 radical (unpaired) electrons. The molecule has 1 aromatic carbocycles. The molecule has 1 aliphatic carbocycles. The lowest BCUT2D eigenvalue weighted by Crippen LogP contribution is -2.44. The summed E-state index contributed by atoms with van der Waals surface area (Å²) in [5.74, 6) is 1.31. The smallest absolute Gasteiger partial charge is 0.254 e. The van der Waals surface area contributed by atoms with Gasteiger partial charge in [-0.3, -0.25) is 4.79 Å². The van der Waals surface area contributed by atoms with Crippen LogP contribution in [0, 0.1) is 13.8 Å². The van der Waals surface area contributed by atoms with Crippen LogP contribution in [0.15, 0.2) is 40.1 Å². The number of benzene rings is 1. The minimum atomic E-state index is -0.238. The third kappa shape index (κ3) is 3.42. The molecule has 2 N–H and O–H groups in total. The minimum Gasteiger partial charge on any atom is -0.466 e. The first-order valence-corrected chi connectivity index (χ1v) is 10.4. The SMILES string of the molecule is Cc1cc(C(=O)NC[C@]2(c3csc4ccccc43)CC[C@@H](O)CC2)c(C)o1. The fourth-order valence-electron chi connectivity index (χ4n) is 4.29. The standard InChI is InChI=1S/C22H25NO3S/c1-14-11-18(15(2)26-14)21(25)23-13-22(9-7-16(24)8-10-22)19-12-27-20-6-4-3-5-17(19)20/h3-6,11-12,16,24H,7-10,13H2,1-2H3,(H,23,25)/t16-,22+. The van der Waals surface area contributed by atoms with Crippen LogP contribution < -0.4 is 5.32 Å². The number of carbonyl (C=O) groups excluding carboxylic acids is 1. The number of nitrogens with one attached hydrogen (secondary N) is 1. The Hall–Kier alpha value is -2.11. The second-order valence-electron chi connectivity index (χ2n) is 7.67. The molecule has 0 saturated heterocycles. The summed E-state index contributed by atoms with van der Waals surface area (Å²) >= 11 is 1.75. The summed E-state index contributed by atoms with van der Waals surface area (Å²) in [6.45, 7) is 4.25. The number of carbonyl (C=O) groups is 1. The van der Waals surface area contributed by atoms with Gasteiger partial charge in [-0.2, -0.15) is 0 Å². The van der Waals surface area contributed by atoms with E-state index < -0.39 is 0 Å². The van der Waals surface area contributed by atoms with Crippen LogP contribution in [-0.4, -0.2) is 23.7 Å². The predicted octanol–water partition coefficient (Wildman–Crippen LogP) is 4.71. The van der Waals surface area contributed by atoms with E-state index in [-0.39, 0.29) is 17.4 Å². The Bertz CT molecular complexity index is 963. The number of hydrogen-bond donors (Lipinski definition) is 2. The quantitative estimate of drug-likeness (QED) is 0.686. The molecule has 1 aliphatic rings. The van der Waals surface area contributed by atoms with E-state index in [0.29, 0.717) is 17.9 Å². The van der Waals surface area contributed by atoms with Crippen LogP contribution in [0.2, 0.25) is 0 Å². The van der Waals surface area contributed by atoms with E-state index in [1.54, 1.807) is 17.4 Å². The molecule has 0 spiro atoms. The summed E-state index contributed by atoms with van der Waals surface area (Å²) in [4.78, 5) is 12.7. The second-order valence-corrected chi connectivity index (χ2v) is 8.58. The number of furan rings is 1. The zero-order chi connectivity index (χ0) is 19.0. The number of rotatable bonds is 4. The van der Waals surface area contributed by atoms with Crippen molar-refractivity contribution >= 4 is 27.3 Å². The van der Waals surface area contributed by atoms with E-state index in [1.807, 2.05) is 13.8 Å². The zero-order valence-electron chi connectivity index (χ0n) is 15.7. The van der Waals surface area contributed by atoms with Gasteiger partial charge in [-0.25, -0.2) is 0 Å². The highest BCUT2D eigenvalue weighted by atomic mass is 32.1. The Morgan fingerprint density at radius 2 is 2.04 bits per heavy atom. The van der Waals surface area contributed by atoms with Gasteiger partial charge in [0, 0.05) is 16.7 Å². The molecule has 0 unspecified atom stereocenters. The lowest BCUT2D eigenvalue weighted by atomic mass is 9.68. The Balaban J connectivity index is 1.63. The van der Waals surface area contributed by atoms with Gasteiger partial charge in [-0.15, -0.1) is 11.3 Å². The number of amides is 1. The molecule has 3 aromatic rings. The molecular formula is C22H25NO3S. The fraction of sp³-hybridized carbons (Fsp3) is 0.409. The third-order valence-electron chi connectivity index (χ3n) is 5.84. The third-order valence-corrected chi connectivity index (χ3v) is 6.80. The van der Waals surface area contributed by atoms with Crippen molar-refractivity contribution in [1.82, 2.24) is 5.32 Å². The van der Waals surface area contributed by atoms with Gasteiger partial charge in [0.25, 0.3) is 5.91 Å². The molecule has 2 aromatic heterocycles. The highest BCUT2D eigenvalue weighted by molar-refractivity contribution is 7.17. The van der Waals surface area contributed by atoms with Crippen molar-refractivity contribution in [2.75, 3.05) is 6.54 Å². The van der Waals surface area contributed by atoms with Crippen LogP contribution in [-0.2, 0) is 5.41 Å². The van der Waals surface area contributed by atoms with E-state index in [2.05, 4.69) is 35.0 Å². The van der Waals surface area contributed by atoms with E-state index in [4.69, 9.17) is 4.42 Å². The van der Waals surface area contributed by atoms with Crippen LogP contribution >= 0.6 is 11.3 Å². The monoisotopic (exact) mass is 383 g/mol. The van der Waals surface area contributed by atoms with E-state index in [9.17, 15) is 9.90 Å². The molecule has 142 valence electrons. The lowest BCUT2D eigenvalue weighted by molar-refractivity contribution is 0.0854. The number of thiophene rings is 1. The highest BCUT2D eigenvalue weighted by Gasteiger charge is 2.38. The first-order valence-electron chi connectivity index (χ1n) is 9.48. The zero-order valence-corrected chi connectivity index (χ0v) is 16.6. The van der Waals surface area contributed by atoms with Crippen LogP contribution in [0.3, 0.4) is 0 Å². The van der Waals surface area contributed by atoms with Gasteiger partial charge in [0.05, 0.1) is 11.7 Å². The maximum absolute atomic E-state index is 12.7. The van der Waals surface area contributed by atoms with Gasteiger partial charge in [0.1, 0.15) is 11.5 Å². The van der Waals surface area contributed by atoms with E-state index in [0.717, 1.165) is 31.4 Å². The predicted molar refractivity (Wildman–Crippen MR) is 108 cm³/mol. The van der Waals surface area contributed by atoms with Gasteiger partial charge in [0.15, 0.2) is 0 Å². The highest BCUT2D eigenvalue weighted by Crippen LogP contribution is 2.44. The summed E-state index contributed by atoms with van der Waals surface area (Å²) in [6, 6.07) is 10.2. The normalized spacial score (nSPS) is 22.9. The van der Waals surface area contributed by atoms with Gasteiger partial charge in [0.2, 0.25) is 0 Å². The summed E-state index contributed by atoms with van der Waals surface area (Å²) in [5, 5.41) is 16.7. The molecule has 0 aliphatic heterocycles. The van der Waals surface area contributed by atoms with Crippen molar-refractivity contribution in [3.8, 4) is 0 Å². The molecule has 4 rings (SSSR count). The Morgan fingerprint density at radius 3 is 2.74 bits per heavy atom. The van der Waals surface area contributed by atoms with Gasteiger partial charge in [-0.1, -0.05) is 18.2 Å². The van der Waals surface area contributed by atoms with Crippen molar-refractivity contribution in [3.63, 3.8) is 0 Å². The van der Waals surface area contributed by atoms with Crippen molar-refractivity contribution in [2.24, 2.45) is 0 Å². The molecular weight excluding hydrogens is 358 g/mol. The van der Waals surface area contributed by atoms with Crippen LogP contribution in [0.4, 0.5) is 0 Å². The van der Waals surface area contributed by atoms with Gasteiger partial charge in [-0.05, 0) is 68.0 Å². The second kappa shape index (κ2) is 7.13. The lowest BCUT2D eigenvalue weighted by Gasteiger charge is -2.39. The topological polar surface area (TPSA) is 62.5 Å². The maximum Gasteiger partial charge on any atom is 0.254 e. The van der Waals surface area contributed by atoms with Crippen molar-refractivity contribution in [2.45, 2.75) is 51.0 Å². The van der Waals surface area contributed by atoms with E-state index >= 15 is 0 Å². The summed E-state index contributed by atoms with van der Waals surface area (Å²) in [7, 11) is 0. The number of fused-ring (bicyclic) bond motifs is 1. The largest absolute Gasteiger partial charge is 0.466 e. The molecule has 0 bridgehead atoms.